The van der Waals surface area contributed by atoms with E-state index in [1.165, 1.54) is 0 Å². The summed E-state index contributed by atoms with van der Waals surface area (Å²) in [5.41, 5.74) is 10.9. The Kier molecular flexibility index (Phi) is 14.5. The second kappa shape index (κ2) is 15.8. The molecular weight excluding hydrogens is 525 g/mol. The molecule has 0 spiro atoms. The van der Waals surface area contributed by atoms with E-state index in [9.17, 15) is 31.5 Å². The number of guanidine groups is 1. The Morgan fingerprint density at radius 3 is 2.14 bits per heavy atom. The molecule has 0 saturated heterocycles. The number of carboxylic acids is 2. The number of oxime groups is 1. The number of nitrogens with zero attached hydrogens (tertiary/aromatic N) is 1. The van der Waals surface area contributed by atoms with Gasteiger partial charge in [0.15, 0.2) is 0 Å². The summed E-state index contributed by atoms with van der Waals surface area (Å²) in [4.78, 5) is 25.1. The number of halogens is 4. The fourth-order valence-corrected chi connectivity index (χ4v) is 3.64. The van der Waals surface area contributed by atoms with Crippen LogP contribution in [0, 0.1) is 0 Å². The highest BCUT2D eigenvalue weighted by Gasteiger charge is 2.38. The lowest BCUT2D eigenvalue weighted by Gasteiger charge is -2.15. The van der Waals surface area contributed by atoms with E-state index in [4.69, 9.17) is 42.5 Å². The summed E-state index contributed by atoms with van der Waals surface area (Å²) in [5, 5.41) is 19.8. The van der Waals surface area contributed by atoms with Crippen molar-refractivity contribution in [1.82, 2.24) is 4.72 Å². The van der Waals surface area contributed by atoms with Gasteiger partial charge in [0.25, 0.3) is 0 Å². The number of carboxylic acid groups (broad SMARTS) is 2. The molecule has 0 heterocycles. The first-order valence-corrected chi connectivity index (χ1v) is 11.9. The Labute approximate surface area is 204 Å². The number of sulfonamides is 1. The van der Waals surface area contributed by atoms with Crippen LogP contribution in [0.5, 0.6) is 5.75 Å². The first kappa shape index (κ1) is 32.0. The molecule has 0 amide bonds. The van der Waals surface area contributed by atoms with Gasteiger partial charge in [-0.1, -0.05) is 12.1 Å². The second-order valence-corrected chi connectivity index (χ2v) is 8.82. The molecule has 200 valence electrons. The average molecular weight is 551 g/mol. The zero-order chi connectivity index (χ0) is 27.1. The van der Waals surface area contributed by atoms with Crippen molar-refractivity contribution >= 4 is 39.5 Å². The van der Waals surface area contributed by atoms with E-state index in [0.717, 1.165) is 0 Å². The van der Waals surface area contributed by atoms with Crippen LogP contribution in [-0.2, 0) is 30.9 Å². The van der Waals surface area contributed by atoms with Gasteiger partial charge in [-0.25, -0.2) is 17.9 Å². The number of hydrogen-bond donors (Lipinski definition) is 5. The number of nitrogens with two attached hydrogens (primary N) is 2. The highest BCUT2D eigenvalue weighted by atomic mass is 35.5. The first-order chi connectivity index (χ1) is 16.2. The van der Waals surface area contributed by atoms with Crippen molar-refractivity contribution in [2.45, 2.75) is 31.5 Å². The number of hydrogen-bond acceptors (Lipinski definition) is 7. The van der Waals surface area contributed by atoms with Crippen LogP contribution < -0.4 is 20.9 Å². The predicted molar refractivity (Wildman–Crippen MR) is 119 cm³/mol. The Hall–Kier alpha value is -2.98. The van der Waals surface area contributed by atoms with Crippen LogP contribution in [0.4, 0.5) is 13.2 Å². The smallest absolute Gasteiger partial charge is 0.490 e. The summed E-state index contributed by atoms with van der Waals surface area (Å²) in [7, 11) is -3.72. The highest BCUT2D eigenvalue weighted by molar-refractivity contribution is 7.89. The van der Waals surface area contributed by atoms with Crippen LogP contribution in [0.2, 0.25) is 0 Å². The van der Waals surface area contributed by atoms with E-state index in [0.29, 0.717) is 30.9 Å². The number of rotatable bonds is 14. The minimum Gasteiger partial charge on any atom is -0.493 e. The van der Waals surface area contributed by atoms with Crippen LogP contribution in [0.1, 0.15) is 18.4 Å². The zero-order valence-electron chi connectivity index (χ0n) is 18.2. The number of carbonyl (C=O) groups is 2. The van der Waals surface area contributed by atoms with Gasteiger partial charge in [0.1, 0.15) is 18.4 Å². The molecule has 0 fully saturated rings. The van der Waals surface area contributed by atoms with Gasteiger partial charge in [-0.15, -0.1) is 11.6 Å². The van der Waals surface area contributed by atoms with E-state index in [1.807, 2.05) is 0 Å². The van der Waals surface area contributed by atoms with Crippen LogP contribution in [0.15, 0.2) is 29.4 Å². The molecule has 1 aromatic carbocycles. The lowest BCUT2D eigenvalue weighted by molar-refractivity contribution is -0.192. The Bertz CT molecular complexity index is 927. The van der Waals surface area contributed by atoms with Crippen molar-refractivity contribution in [3.05, 3.63) is 29.8 Å². The topological polar surface area (TPSA) is 204 Å². The molecule has 1 rings (SSSR count). The molecular formula is C18H26ClF3N4O8S. The average Bonchev–Trinajstić information content (AvgIpc) is 2.74. The van der Waals surface area contributed by atoms with E-state index in [2.05, 4.69) is 9.88 Å². The number of nitrogens with one attached hydrogen (secondary N) is 1. The zero-order valence-corrected chi connectivity index (χ0v) is 19.8. The highest BCUT2D eigenvalue weighted by Crippen LogP contribution is 2.15. The van der Waals surface area contributed by atoms with Crippen molar-refractivity contribution in [3.8, 4) is 5.75 Å². The molecule has 1 aromatic rings. The minimum atomic E-state index is -5.08. The number of aliphatic carboxylic acids is 2. The molecule has 7 N–H and O–H groups in total. The summed E-state index contributed by atoms with van der Waals surface area (Å²) in [6, 6.07) is 5.43. The molecule has 0 unspecified atom stereocenters. The van der Waals surface area contributed by atoms with Gasteiger partial charge in [0, 0.05) is 12.3 Å². The van der Waals surface area contributed by atoms with Crippen molar-refractivity contribution in [2.75, 3.05) is 24.8 Å². The molecule has 1 atom stereocenters. The van der Waals surface area contributed by atoms with Crippen molar-refractivity contribution in [1.29, 1.82) is 0 Å². The lowest BCUT2D eigenvalue weighted by Crippen LogP contribution is -2.43. The summed E-state index contributed by atoms with van der Waals surface area (Å²) < 4.78 is 63.2. The van der Waals surface area contributed by atoms with Crippen molar-refractivity contribution < 1.29 is 51.0 Å². The molecule has 0 aliphatic rings. The molecule has 0 saturated carbocycles. The largest absolute Gasteiger partial charge is 0.493 e. The molecule has 0 aliphatic heterocycles. The van der Waals surface area contributed by atoms with Crippen molar-refractivity contribution in [2.24, 2.45) is 16.6 Å². The summed E-state index contributed by atoms with van der Waals surface area (Å²) >= 11 is 5.48. The summed E-state index contributed by atoms with van der Waals surface area (Å²) in [6.45, 7) is 0.664. The maximum absolute atomic E-state index is 11.9. The van der Waals surface area contributed by atoms with Gasteiger partial charge in [0.05, 0.1) is 12.4 Å². The maximum atomic E-state index is 11.9. The van der Waals surface area contributed by atoms with Gasteiger partial charge in [-0.2, -0.15) is 13.2 Å². The van der Waals surface area contributed by atoms with Gasteiger partial charge in [0.2, 0.25) is 16.0 Å². The van der Waals surface area contributed by atoms with Crippen molar-refractivity contribution in [3.63, 3.8) is 0 Å². The van der Waals surface area contributed by atoms with E-state index >= 15 is 0 Å². The Morgan fingerprint density at radius 2 is 1.69 bits per heavy atom. The third-order valence-corrected chi connectivity index (χ3v) is 5.33. The lowest BCUT2D eigenvalue weighted by atomic mass is 10.1. The van der Waals surface area contributed by atoms with Crippen LogP contribution in [0.3, 0.4) is 0 Å². The first-order valence-electron chi connectivity index (χ1n) is 9.69. The van der Waals surface area contributed by atoms with E-state index < -0.39 is 34.2 Å². The molecule has 35 heavy (non-hydrogen) atoms. The number of benzene rings is 1. The fraction of sp³-hybridized carbons (Fsp3) is 0.500. The number of ether oxygens (including phenoxy) is 1. The van der Waals surface area contributed by atoms with Gasteiger partial charge < -0.3 is 31.3 Å². The third kappa shape index (κ3) is 16.3. The van der Waals surface area contributed by atoms with Gasteiger partial charge >= 0.3 is 18.1 Å². The molecule has 17 heteroatoms. The normalized spacial score (nSPS) is 12.0. The Balaban J connectivity index is 0.00000143. The monoisotopic (exact) mass is 550 g/mol. The third-order valence-electron chi connectivity index (χ3n) is 3.59. The SMILES string of the molecule is NC(N)=NOCCCOc1ccc(C[C@H](NS(=O)(=O)CCCCl)C(=O)O)cc1.O=C(O)C(F)(F)F. The number of alkyl halides is 4. The molecule has 0 radical (unpaired) electrons. The maximum Gasteiger partial charge on any atom is 0.490 e. The predicted octanol–water partition coefficient (Wildman–Crippen LogP) is 0.838. The standard InChI is InChI=1S/C16H25ClN4O6S.C2HF3O2/c17-7-1-10-28(24,25)21-14(15(22)23)11-12-3-5-13(6-4-12)26-8-2-9-27-20-16(18)19;3-2(4,5)1(6)7/h3-6,14,21H,1-2,7-11H2,(H,22,23)(H4,18,19,20);(H,6,7)/t14-;/m0./s1. The molecule has 0 aliphatic carbocycles. The van der Waals surface area contributed by atoms with E-state index in [1.54, 1.807) is 24.3 Å². The molecule has 0 bridgehead atoms. The molecule has 12 nitrogen and oxygen atoms in total. The summed E-state index contributed by atoms with van der Waals surface area (Å²) in [5.74, 6) is -3.62. The van der Waals surface area contributed by atoms with Crippen LogP contribution >= 0.6 is 11.6 Å². The van der Waals surface area contributed by atoms with Gasteiger partial charge in [-0.3, -0.25) is 4.79 Å². The van der Waals surface area contributed by atoms with Gasteiger partial charge in [-0.05, 0) is 35.7 Å². The molecule has 0 aromatic heterocycles. The minimum absolute atomic E-state index is 0.00206. The Morgan fingerprint density at radius 1 is 1.11 bits per heavy atom. The van der Waals surface area contributed by atoms with Crippen LogP contribution in [-0.4, -0.2) is 73.6 Å². The quantitative estimate of drug-likeness (QED) is 0.0725. The van der Waals surface area contributed by atoms with E-state index in [-0.39, 0.29) is 30.4 Å². The fourth-order valence-electron chi connectivity index (χ4n) is 2.09. The second-order valence-electron chi connectivity index (χ2n) is 6.57. The summed E-state index contributed by atoms with van der Waals surface area (Å²) in [6.07, 6.45) is -4.28. The van der Waals surface area contributed by atoms with Crippen LogP contribution in [0.25, 0.3) is 0 Å².